The van der Waals surface area contributed by atoms with Crippen molar-refractivity contribution in [2.24, 2.45) is 7.05 Å². The van der Waals surface area contributed by atoms with Gasteiger partial charge in [-0.2, -0.15) is 10.2 Å². The molecular formula is C15H17ClN8O. The Morgan fingerprint density at radius 3 is 2.60 bits per heavy atom. The van der Waals surface area contributed by atoms with Gasteiger partial charge in [-0.3, -0.25) is 9.48 Å². The summed E-state index contributed by atoms with van der Waals surface area (Å²) in [6, 6.07) is 0. The lowest BCUT2D eigenvalue weighted by molar-refractivity contribution is 0.646. The highest BCUT2D eigenvalue weighted by Crippen LogP contribution is 2.27. The number of fused-ring (bicyclic) bond motifs is 1. The second kappa shape index (κ2) is 5.99. The molecule has 25 heavy (non-hydrogen) atoms. The van der Waals surface area contributed by atoms with Crippen LogP contribution in [-0.2, 0) is 7.05 Å². The third-order valence-corrected chi connectivity index (χ3v) is 4.75. The number of rotatable bonds is 2. The number of H-pyrrole nitrogens is 1. The Kier molecular flexibility index (Phi) is 3.79. The van der Waals surface area contributed by atoms with Gasteiger partial charge in [-0.15, -0.1) is 0 Å². The lowest BCUT2D eigenvalue weighted by Crippen LogP contribution is -2.47. The number of halogens is 1. The first-order valence-electron chi connectivity index (χ1n) is 7.94. The van der Waals surface area contributed by atoms with Crippen molar-refractivity contribution >= 4 is 34.1 Å². The van der Waals surface area contributed by atoms with Crippen molar-refractivity contribution in [3.8, 4) is 0 Å². The zero-order chi connectivity index (χ0) is 17.6. The van der Waals surface area contributed by atoms with Crippen molar-refractivity contribution in [1.82, 2.24) is 29.9 Å². The predicted molar refractivity (Wildman–Crippen MR) is 95.3 cm³/mol. The Morgan fingerprint density at radius 1 is 1.12 bits per heavy atom. The van der Waals surface area contributed by atoms with Crippen LogP contribution in [0.3, 0.4) is 0 Å². The molecule has 9 nitrogen and oxygen atoms in total. The van der Waals surface area contributed by atoms with Crippen LogP contribution >= 0.6 is 11.6 Å². The van der Waals surface area contributed by atoms with Gasteiger partial charge in [0.2, 0.25) is 0 Å². The van der Waals surface area contributed by atoms with E-state index in [1.807, 2.05) is 14.0 Å². The van der Waals surface area contributed by atoms with E-state index in [4.69, 9.17) is 11.6 Å². The molecule has 1 aliphatic rings. The van der Waals surface area contributed by atoms with E-state index < -0.39 is 0 Å². The zero-order valence-electron chi connectivity index (χ0n) is 13.9. The summed E-state index contributed by atoms with van der Waals surface area (Å²) in [5.41, 5.74) is 1.12. The quantitative estimate of drug-likeness (QED) is 0.719. The van der Waals surface area contributed by atoms with Gasteiger partial charge in [0.05, 0.1) is 23.5 Å². The number of nitrogens with zero attached hydrogens (tertiary/aromatic N) is 7. The van der Waals surface area contributed by atoms with Crippen LogP contribution in [0.2, 0.25) is 5.02 Å². The number of nitrogens with one attached hydrogen (secondary N) is 1. The maximum absolute atomic E-state index is 11.6. The molecule has 0 atom stereocenters. The van der Waals surface area contributed by atoms with Gasteiger partial charge in [-0.05, 0) is 6.92 Å². The number of hydrogen-bond donors (Lipinski definition) is 1. The Labute approximate surface area is 148 Å². The average molecular weight is 361 g/mol. The molecule has 1 saturated heterocycles. The number of aromatic amines is 1. The third kappa shape index (κ3) is 2.70. The lowest BCUT2D eigenvalue weighted by atomic mass is 10.2. The standard InChI is InChI=1S/C15H17ClN8O/c1-9-19-13-10(7-18-22(13)2)14(20-9)24-5-3-23(4-6-24)11-8-17-21-15(25)12(11)16/h7-8H,3-6H2,1-2H3,(H,21,25). The second-order valence-electron chi connectivity index (χ2n) is 5.97. The second-order valence-corrected chi connectivity index (χ2v) is 6.35. The molecule has 4 heterocycles. The van der Waals surface area contributed by atoms with Crippen LogP contribution in [0.4, 0.5) is 11.5 Å². The number of aromatic nitrogens is 6. The molecule has 0 amide bonds. The van der Waals surface area contributed by atoms with Crippen molar-refractivity contribution < 1.29 is 0 Å². The van der Waals surface area contributed by atoms with E-state index in [0.717, 1.165) is 48.9 Å². The van der Waals surface area contributed by atoms with Crippen LogP contribution < -0.4 is 15.4 Å². The van der Waals surface area contributed by atoms with E-state index in [0.29, 0.717) is 5.69 Å². The van der Waals surface area contributed by atoms with Gasteiger partial charge >= 0.3 is 0 Å². The van der Waals surface area contributed by atoms with Crippen molar-refractivity contribution in [2.45, 2.75) is 6.92 Å². The third-order valence-electron chi connectivity index (χ3n) is 4.38. The molecule has 0 saturated carbocycles. The summed E-state index contributed by atoms with van der Waals surface area (Å²) in [6.07, 6.45) is 3.39. The maximum Gasteiger partial charge on any atom is 0.285 e. The van der Waals surface area contributed by atoms with E-state index in [-0.39, 0.29) is 10.6 Å². The van der Waals surface area contributed by atoms with E-state index in [1.165, 1.54) is 0 Å². The summed E-state index contributed by atoms with van der Waals surface area (Å²) in [5.74, 6) is 1.61. The Balaban J connectivity index is 1.60. The van der Waals surface area contributed by atoms with Gasteiger partial charge in [0, 0.05) is 33.2 Å². The number of anilines is 2. The van der Waals surface area contributed by atoms with Gasteiger partial charge in [0.1, 0.15) is 16.7 Å². The number of aryl methyl sites for hydroxylation is 2. The molecule has 0 spiro atoms. The monoisotopic (exact) mass is 360 g/mol. The highest BCUT2D eigenvalue weighted by Gasteiger charge is 2.23. The van der Waals surface area contributed by atoms with E-state index >= 15 is 0 Å². The fourth-order valence-electron chi connectivity index (χ4n) is 3.11. The van der Waals surface area contributed by atoms with Crippen LogP contribution in [0.5, 0.6) is 0 Å². The molecule has 1 fully saturated rings. The summed E-state index contributed by atoms with van der Waals surface area (Å²) in [7, 11) is 1.87. The van der Waals surface area contributed by atoms with Crippen molar-refractivity contribution in [2.75, 3.05) is 36.0 Å². The molecule has 0 radical (unpaired) electrons. The first-order chi connectivity index (χ1) is 12.0. The minimum absolute atomic E-state index is 0.177. The lowest BCUT2D eigenvalue weighted by Gasteiger charge is -2.36. The summed E-state index contributed by atoms with van der Waals surface area (Å²) in [4.78, 5) is 25.0. The van der Waals surface area contributed by atoms with Gasteiger partial charge in [-0.25, -0.2) is 15.1 Å². The molecule has 1 aliphatic heterocycles. The largest absolute Gasteiger partial charge is 0.365 e. The van der Waals surface area contributed by atoms with Gasteiger partial charge < -0.3 is 9.80 Å². The van der Waals surface area contributed by atoms with Crippen molar-refractivity contribution in [3.63, 3.8) is 0 Å². The van der Waals surface area contributed by atoms with Gasteiger partial charge in [0.15, 0.2) is 5.65 Å². The first kappa shape index (κ1) is 15.8. The molecule has 130 valence electrons. The first-order valence-corrected chi connectivity index (χ1v) is 8.32. The SMILES string of the molecule is Cc1nc(N2CCN(c3cn[nH]c(=O)c3Cl)CC2)c2cnn(C)c2n1. The molecule has 3 aromatic heterocycles. The molecule has 0 bridgehead atoms. The van der Waals surface area contributed by atoms with Crippen molar-refractivity contribution in [1.29, 1.82) is 0 Å². The highest BCUT2D eigenvalue weighted by molar-refractivity contribution is 6.33. The molecule has 4 rings (SSSR count). The zero-order valence-corrected chi connectivity index (χ0v) is 14.7. The topological polar surface area (TPSA) is 95.8 Å². The van der Waals surface area contributed by atoms with Gasteiger partial charge in [-0.1, -0.05) is 11.6 Å². The predicted octanol–water partition coefficient (Wildman–Crippen LogP) is 0.735. The molecule has 0 unspecified atom stereocenters. The molecular weight excluding hydrogens is 344 g/mol. The highest BCUT2D eigenvalue weighted by atomic mass is 35.5. The van der Waals surface area contributed by atoms with Crippen LogP contribution in [0.15, 0.2) is 17.2 Å². The maximum atomic E-state index is 11.6. The van der Waals surface area contributed by atoms with Crippen LogP contribution in [0.1, 0.15) is 5.82 Å². The fraction of sp³-hybridized carbons (Fsp3) is 0.400. The van der Waals surface area contributed by atoms with E-state index in [9.17, 15) is 4.79 Å². The van der Waals surface area contributed by atoms with Crippen molar-refractivity contribution in [3.05, 3.63) is 33.6 Å². The smallest absolute Gasteiger partial charge is 0.285 e. The summed E-state index contributed by atoms with van der Waals surface area (Å²) < 4.78 is 1.76. The molecule has 1 N–H and O–H groups in total. The number of piperazine rings is 1. The van der Waals surface area contributed by atoms with E-state index in [1.54, 1.807) is 17.1 Å². The van der Waals surface area contributed by atoms with Crippen LogP contribution in [-0.4, -0.2) is 56.1 Å². The summed E-state index contributed by atoms with van der Waals surface area (Å²) >= 11 is 6.11. The van der Waals surface area contributed by atoms with Crippen LogP contribution in [0.25, 0.3) is 11.0 Å². The minimum atomic E-state index is -0.370. The Hall–Kier alpha value is -2.68. The van der Waals surface area contributed by atoms with Gasteiger partial charge in [0.25, 0.3) is 5.56 Å². The molecule has 10 heteroatoms. The fourth-order valence-corrected chi connectivity index (χ4v) is 3.32. The average Bonchev–Trinajstić information content (AvgIpc) is 2.98. The minimum Gasteiger partial charge on any atom is -0.365 e. The Morgan fingerprint density at radius 2 is 1.84 bits per heavy atom. The molecule has 3 aromatic rings. The Bertz CT molecular complexity index is 989. The number of hydrogen-bond acceptors (Lipinski definition) is 7. The normalized spacial score (nSPS) is 15.2. The molecule has 0 aliphatic carbocycles. The van der Waals surface area contributed by atoms with E-state index in [2.05, 4.69) is 35.1 Å². The molecule has 0 aromatic carbocycles. The summed E-state index contributed by atoms with van der Waals surface area (Å²) in [5, 5.41) is 11.6. The van der Waals surface area contributed by atoms with Crippen LogP contribution in [0, 0.1) is 6.92 Å². The summed E-state index contributed by atoms with van der Waals surface area (Å²) in [6.45, 7) is 4.83.